The van der Waals surface area contributed by atoms with Crippen LogP contribution in [0.5, 0.6) is 0 Å². The number of rotatable bonds is 26. The second kappa shape index (κ2) is 22.5. The Labute approximate surface area is 247 Å². The van der Waals surface area contributed by atoms with Crippen molar-refractivity contribution in [3.8, 4) is 0 Å². The first-order valence-electron chi connectivity index (χ1n) is 18.6. The summed E-state index contributed by atoms with van der Waals surface area (Å²) in [6, 6.07) is 0.785. The van der Waals surface area contributed by atoms with Gasteiger partial charge in [0.25, 0.3) is 0 Å². The summed E-state index contributed by atoms with van der Waals surface area (Å²) in [7, 11) is 0. The van der Waals surface area contributed by atoms with Gasteiger partial charge in [-0.15, -0.1) is 0 Å². The van der Waals surface area contributed by atoms with Crippen molar-refractivity contribution in [3.05, 3.63) is 0 Å². The van der Waals surface area contributed by atoms with Crippen LogP contribution in [0.25, 0.3) is 0 Å². The fourth-order valence-electron chi connectivity index (χ4n) is 7.87. The third-order valence-corrected chi connectivity index (χ3v) is 10.6. The van der Waals surface area contributed by atoms with E-state index in [1.54, 1.807) is 0 Å². The molecule has 0 amide bonds. The second-order valence-electron chi connectivity index (χ2n) is 14.3. The molecule has 2 aliphatic rings. The third kappa shape index (κ3) is 15.6. The highest BCUT2D eigenvalue weighted by Crippen LogP contribution is 2.53. The topological polar surface area (TPSA) is 15.3 Å². The van der Waals surface area contributed by atoms with E-state index in [0.29, 0.717) is 0 Å². The molecular formula is C37H74N2. The summed E-state index contributed by atoms with van der Waals surface area (Å²) in [5.41, 5.74) is 0.735. The van der Waals surface area contributed by atoms with E-state index in [4.69, 9.17) is 0 Å². The molecule has 1 atom stereocenters. The van der Waals surface area contributed by atoms with Gasteiger partial charge in [0.15, 0.2) is 0 Å². The Morgan fingerprint density at radius 3 is 1.64 bits per heavy atom. The monoisotopic (exact) mass is 547 g/mol. The number of piperidine rings is 1. The van der Waals surface area contributed by atoms with Crippen LogP contribution in [0.15, 0.2) is 0 Å². The van der Waals surface area contributed by atoms with Crippen molar-refractivity contribution in [2.75, 3.05) is 26.2 Å². The molecule has 0 aromatic heterocycles. The quantitative estimate of drug-likeness (QED) is 0.109. The van der Waals surface area contributed by atoms with Gasteiger partial charge in [-0.2, -0.15) is 0 Å². The summed E-state index contributed by atoms with van der Waals surface area (Å²) in [5, 5.41) is 4.03. The van der Waals surface area contributed by atoms with Gasteiger partial charge in [-0.1, -0.05) is 130 Å². The van der Waals surface area contributed by atoms with E-state index < -0.39 is 0 Å². The number of nitrogens with one attached hydrogen (secondary N) is 1. The highest BCUT2D eigenvalue weighted by Gasteiger charge is 2.45. The van der Waals surface area contributed by atoms with E-state index in [1.165, 1.54) is 187 Å². The average Bonchev–Trinajstić information content (AvgIpc) is 2.93. The van der Waals surface area contributed by atoms with Gasteiger partial charge in [-0.05, 0) is 94.7 Å². The molecule has 1 N–H and O–H groups in total. The van der Waals surface area contributed by atoms with E-state index in [-0.39, 0.29) is 0 Å². The van der Waals surface area contributed by atoms with E-state index in [1.807, 2.05) is 0 Å². The van der Waals surface area contributed by atoms with Crippen molar-refractivity contribution in [1.29, 1.82) is 0 Å². The SMILES string of the molecule is CCCCCCCC(CCCCC)NCCC1CC2(CCN(CC(CCCCCC)CCCCCC)CC2)C1. The van der Waals surface area contributed by atoms with E-state index in [2.05, 4.69) is 37.9 Å². The molecule has 1 saturated carbocycles. The lowest BCUT2D eigenvalue weighted by molar-refractivity contribution is -0.0199. The number of likely N-dealkylation sites (tertiary alicyclic amines) is 1. The second-order valence-corrected chi connectivity index (χ2v) is 14.3. The van der Waals surface area contributed by atoms with Gasteiger partial charge in [-0.25, -0.2) is 0 Å². The number of nitrogens with zero attached hydrogens (tertiary/aromatic N) is 1. The fraction of sp³-hybridized carbons (Fsp3) is 1.00. The minimum Gasteiger partial charge on any atom is -0.314 e. The molecule has 2 nitrogen and oxygen atoms in total. The standard InChI is InChI=1S/C37H74N2/c1-5-9-13-16-20-24-36(23-17-12-8-4)38-28-25-35-31-37(32-35)26-29-39(30-27-37)33-34(21-18-14-10-6-2)22-19-15-11-7-3/h34-36,38H,5-33H2,1-4H3. The molecule has 0 radical (unpaired) electrons. The molecule has 232 valence electrons. The summed E-state index contributed by atoms with van der Waals surface area (Å²) < 4.78 is 0. The normalized spacial score (nSPS) is 18.7. The first-order chi connectivity index (χ1) is 19.1. The number of hydrogen-bond donors (Lipinski definition) is 1. The van der Waals surface area contributed by atoms with Crippen LogP contribution in [0.4, 0.5) is 0 Å². The maximum atomic E-state index is 4.03. The van der Waals surface area contributed by atoms with Crippen molar-refractivity contribution in [1.82, 2.24) is 10.2 Å². The van der Waals surface area contributed by atoms with Crippen LogP contribution in [0.3, 0.4) is 0 Å². The molecular weight excluding hydrogens is 472 g/mol. The van der Waals surface area contributed by atoms with Crippen LogP contribution >= 0.6 is 0 Å². The lowest BCUT2D eigenvalue weighted by Crippen LogP contribution is -2.48. The summed E-state index contributed by atoms with van der Waals surface area (Å²) in [6.45, 7) is 14.8. The first-order valence-corrected chi connectivity index (χ1v) is 18.6. The van der Waals surface area contributed by atoms with Crippen LogP contribution in [-0.4, -0.2) is 37.1 Å². The Morgan fingerprint density at radius 2 is 1.08 bits per heavy atom. The van der Waals surface area contributed by atoms with Crippen LogP contribution in [0, 0.1) is 17.3 Å². The molecule has 1 aliphatic heterocycles. The van der Waals surface area contributed by atoms with Crippen LogP contribution < -0.4 is 5.32 Å². The van der Waals surface area contributed by atoms with Crippen molar-refractivity contribution in [3.63, 3.8) is 0 Å². The maximum Gasteiger partial charge on any atom is 0.00670 e. The lowest BCUT2D eigenvalue weighted by atomic mass is 9.57. The van der Waals surface area contributed by atoms with Gasteiger partial charge in [0.1, 0.15) is 0 Å². The molecule has 39 heavy (non-hydrogen) atoms. The minimum atomic E-state index is 0.735. The molecule has 0 bridgehead atoms. The summed E-state index contributed by atoms with van der Waals surface area (Å²) >= 11 is 0. The number of hydrogen-bond acceptors (Lipinski definition) is 2. The zero-order valence-corrected chi connectivity index (χ0v) is 27.7. The third-order valence-electron chi connectivity index (χ3n) is 10.6. The molecule has 2 fully saturated rings. The van der Waals surface area contributed by atoms with E-state index >= 15 is 0 Å². The Bertz CT molecular complexity index is 518. The smallest absolute Gasteiger partial charge is 0.00670 e. The summed E-state index contributed by atoms with van der Waals surface area (Å²) in [4.78, 5) is 2.88. The Hall–Kier alpha value is -0.0800. The van der Waals surface area contributed by atoms with Gasteiger partial charge >= 0.3 is 0 Å². The van der Waals surface area contributed by atoms with Gasteiger partial charge in [0.05, 0.1) is 0 Å². The highest BCUT2D eigenvalue weighted by molar-refractivity contribution is 4.97. The van der Waals surface area contributed by atoms with E-state index in [0.717, 1.165) is 23.3 Å². The zero-order valence-electron chi connectivity index (χ0n) is 27.7. The summed E-state index contributed by atoms with van der Waals surface area (Å²) in [6.07, 6.45) is 36.0. The van der Waals surface area contributed by atoms with Gasteiger partial charge < -0.3 is 10.2 Å². The Morgan fingerprint density at radius 1 is 0.615 bits per heavy atom. The van der Waals surface area contributed by atoms with E-state index in [9.17, 15) is 0 Å². The predicted octanol–water partition coefficient (Wildman–Crippen LogP) is 11.3. The van der Waals surface area contributed by atoms with Crippen molar-refractivity contribution < 1.29 is 0 Å². The number of unbranched alkanes of at least 4 members (excludes halogenated alkanes) is 12. The average molecular weight is 547 g/mol. The van der Waals surface area contributed by atoms with Crippen molar-refractivity contribution in [2.24, 2.45) is 17.3 Å². The molecule has 1 heterocycles. The molecule has 0 aromatic rings. The van der Waals surface area contributed by atoms with Gasteiger partial charge in [0, 0.05) is 12.6 Å². The summed E-state index contributed by atoms with van der Waals surface area (Å²) in [5.74, 6) is 1.97. The predicted molar refractivity (Wildman–Crippen MR) is 176 cm³/mol. The Balaban J connectivity index is 1.63. The first kappa shape index (κ1) is 35.1. The Kier molecular flexibility index (Phi) is 20.3. The van der Waals surface area contributed by atoms with Gasteiger partial charge in [0.2, 0.25) is 0 Å². The molecule has 1 spiro atoms. The van der Waals surface area contributed by atoms with Crippen molar-refractivity contribution >= 4 is 0 Å². The fourth-order valence-corrected chi connectivity index (χ4v) is 7.87. The van der Waals surface area contributed by atoms with Crippen LogP contribution in [-0.2, 0) is 0 Å². The molecule has 0 aromatic carbocycles. The molecule has 1 aliphatic carbocycles. The highest BCUT2D eigenvalue weighted by atomic mass is 15.1. The zero-order chi connectivity index (χ0) is 28.0. The molecule has 2 rings (SSSR count). The minimum absolute atomic E-state index is 0.735. The van der Waals surface area contributed by atoms with Gasteiger partial charge in [-0.3, -0.25) is 0 Å². The molecule has 2 heteroatoms. The molecule has 1 unspecified atom stereocenters. The lowest BCUT2D eigenvalue weighted by Gasteiger charge is -2.53. The maximum absolute atomic E-state index is 4.03. The molecule has 1 saturated heterocycles. The van der Waals surface area contributed by atoms with Crippen LogP contribution in [0.1, 0.15) is 188 Å². The largest absolute Gasteiger partial charge is 0.314 e. The van der Waals surface area contributed by atoms with Crippen molar-refractivity contribution in [2.45, 2.75) is 194 Å². The van der Waals surface area contributed by atoms with Crippen LogP contribution in [0.2, 0.25) is 0 Å².